The molecule has 0 bridgehead atoms. The van der Waals surface area contributed by atoms with E-state index in [0.29, 0.717) is 28.3 Å². The number of carbonyl (C=O) groups excluding carboxylic acids is 2. The SMILES string of the molecule is CCOC(=O)c1c(/N=C/c2ccccc2C(=O)Cl)sc2c1CCCC2. The average Bonchev–Trinajstić information content (AvgIpc) is 2.98. The third kappa shape index (κ3) is 3.83. The van der Waals surface area contributed by atoms with E-state index in [1.54, 1.807) is 31.3 Å². The second-order valence-corrected chi connectivity index (χ2v) is 7.16. The van der Waals surface area contributed by atoms with Crippen molar-refractivity contribution in [2.75, 3.05) is 6.61 Å². The molecule has 0 radical (unpaired) electrons. The summed E-state index contributed by atoms with van der Waals surface area (Å²) in [4.78, 5) is 29.7. The van der Waals surface area contributed by atoms with Crippen molar-refractivity contribution in [1.29, 1.82) is 0 Å². The molecule has 0 saturated heterocycles. The molecule has 0 fully saturated rings. The van der Waals surface area contributed by atoms with Crippen LogP contribution in [-0.4, -0.2) is 24.0 Å². The van der Waals surface area contributed by atoms with E-state index in [4.69, 9.17) is 16.3 Å². The van der Waals surface area contributed by atoms with Crippen LogP contribution in [0, 0.1) is 0 Å². The number of esters is 1. The summed E-state index contributed by atoms with van der Waals surface area (Å²) < 4.78 is 5.23. The monoisotopic (exact) mass is 375 g/mol. The predicted octanol–water partition coefficient (Wildman–Crippen LogP) is 4.93. The number of nitrogens with zero attached hydrogens (tertiary/aromatic N) is 1. The van der Waals surface area contributed by atoms with Gasteiger partial charge in [0.1, 0.15) is 5.00 Å². The molecule has 0 spiro atoms. The molecule has 0 saturated carbocycles. The van der Waals surface area contributed by atoms with Gasteiger partial charge < -0.3 is 4.74 Å². The number of aryl methyl sites for hydroxylation is 1. The molecule has 6 heteroatoms. The molecule has 0 N–H and O–H groups in total. The highest BCUT2D eigenvalue weighted by Gasteiger charge is 2.26. The number of halogens is 1. The summed E-state index contributed by atoms with van der Waals surface area (Å²) in [5.41, 5.74) is 2.67. The Labute approximate surface area is 155 Å². The summed E-state index contributed by atoms with van der Waals surface area (Å²) in [6.45, 7) is 2.12. The van der Waals surface area contributed by atoms with Gasteiger partial charge in [0.05, 0.1) is 12.2 Å². The van der Waals surface area contributed by atoms with Gasteiger partial charge in [0.25, 0.3) is 5.24 Å². The van der Waals surface area contributed by atoms with Crippen molar-refractivity contribution in [3.05, 3.63) is 51.4 Å². The van der Waals surface area contributed by atoms with E-state index < -0.39 is 5.24 Å². The van der Waals surface area contributed by atoms with Crippen molar-refractivity contribution >= 4 is 45.4 Å². The highest BCUT2D eigenvalue weighted by Crippen LogP contribution is 2.40. The highest BCUT2D eigenvalue weighted by molar-refractivity contribution is 7.16. The fraction of sp³-hybridized carbons (Fsp3) is 0.316. The van der Waals surface area contributed by atoms with E-state index in [9.17, 15) is 9.59 Å². The zero-order valence-electron chi connectivity index (χ0n) is 13.9. The van der Waals surface area contributed by atoms with Gasteiger partial charge in [0.15, 0.2) is 0 Å². The summed E-state index contributed by atoms with van der Waals surface area (Å²) in [6, 6.07) is 7.00. The summed E-state index contributed by atoms with van der Waals surface area (Å²) in [5, 5.41) is 0.111. The maximum Gasteiger partial charge on any atom is 0.341 e. The number of hydrogen-bond acceptors (Lipinski definition) is 5. The first-order valence-corrected chi connectivity index (χ1v) is 9.45. The summed E-state index contributed by atoms with van der Waals surface area (Å²) in [6.07, 6.45) is 5.64. The first-order chi connectivity index (χ1) is 12.1. The maximum absolute atomic E-state index is 12.4. The van der Waals surface area contributed by atoms with Crippen LogP contribution in [0.1, 0.15) is 56.5 Å². The standard InChI is InChI=1S/C19H18ClNO3S/c1-2-24-19(23)16-14-9-5-6-10-15(14)25-18(16)21-11-12-7-3-4-8-13(12)17(20)22/h3-4,7-8,11H,2,5-6,9-10H2,1H3/b21-11+. The van der Waals surface area contributed by atoms with E-state index in [-0.39, 0.29) is 5.97 Å². The van der Waals surface area contributed by atoms with Crippen LogP contribution in [0.25, 0.3) is 0 Å². The van der Waals surface area contributed by atoms with Gasteiger partial charge in [0.2, 0.25) is 0 Å². The molecular formula is C19H18ClNO3S. The molecule has 0 unspecified atom stereocenters. The lowest BCUT2D eigenvalue weighted by Gasteiger charge is -2.11. The Kier molecular flexibility index (Phi) is 5.66. The zero-order valence-corrected chi connectivity index (χ0v) is 15.5. The summed E-state index contributed by atoms with van der Waals surface area (Å²) >= 11 is 7.16. The highest BCUT2D eigenvalue weighted by atomic mass is 35.5. The minimum atomic E-state index is -0.529. The van der Waals surface area contributed by atoms with Crippen LogP contribution in [0.4, 0.5) is 5.00 Å². The van der Waals surface area contributed by atoms with E-state index in [1.807, 2.05) is 6.07 Å². The second kappa shape index (κ2) is 7.93. The van der Waals surface area contributed by atoms with E-state index in [1.165, 1.54) is 16.2 Å². The third-order valence-corrected chi connectivity index (χ3v) is 5.53. The van der Waals surface area contributed by atoms with Crippen molar-refractivity contribution in [1.82, 2.24) is 0 Å². The van der Waals surface area contributed by atoms with Crippen LogP contribution in [0.15, 0.2) is 29.3 Å². The Morgan fingerprint density at radius 2 is 2.04 bits per heavy atom. The number of thiophene rings is 1. The summed E-state index contributed by atoms with van der Waals surface area (Å²) in [7, 11) is 0. The number of carbonyl (C=O) groups is 2. The van der Waals surface area contributed by atoms with Crippen molar-refractivity contribution in [3.8, 4) is 0 Å². The van der Waals surface area contributed by atoms with Gasteiger partial charge in [-0.25, -0.2) is 9.79 Å². The number of ether oxygens (including phenoxy) is 1. The molecule has 3 rings (SSSR count). The van der Waals surface area contributed by atoms with Gasteiger partial charge in [-0.1, -0.05) is 18.2 Å². The van der Waals surface area contributed by atoms with Gasteiger partial charge >= 0.3 is 5.97 Å². The van der Waals surface area contributed by atoms with Gasteiger partial charge in [-0.2, -0.15) is 0 Å². The van der Waals surface area contributed by atoms with E-state index in [2.05, 4.69) is 4.99 Å². The largest absolute Gasteiger partial charge is 0.462 e. The Morgan fingerprint density at radius 3 is 2.80 bits per heavy atom. The molecule has 25 heavy (non-hydrogen) atoms. The lowest BCUT2D eigenvalue weighted by molar-refractivity contribution is 0.0526. The number of benzene rings is 1. The first-order valence-electron chi connectivity index (χ1n) is 8.26. The Hall–Kier alpha value is -1.98. The van der Waals surface area contributed by atoms with Crippen LogP contribution >= 0.6 is 22.9 Å². The Bertz CT molecular complexity index is 841. The predicted molar refractivity (Wildman–Crippen MR) is 101 cm³/mol. The van der Waals surface area contributed by atoms with Crippen molar-refractivity contribution in [3.63, 3.8) is 0 Å². The maximum atomic E-state index is 12.4. The molecule has 4 nitrogen and oxygen atoms in total. The number of rotatable bonds is 5. The van der Waals surface area contributed by atoms with Gasteiger partial charge in [-0.15, -0.1) is 11.3 Å². The molecule has 1 aromatic carbocycles. The van der Waals surface area contributed by atoms with Crippen LogP contribution in [-0.2, 0) is 17.6 Å². The van der Waals surface area contributed by atoms with Gasteiger partial charge in [0, 0.05) is 22.2 Å². The molecule has 1 aliphatic rings. The van der Waals surface area contributed by atoms with E-state index in [0.717, 1.165) is 31.2 Å². The zero-order chi connectivity index (χ0) is 17.8. The molecule has 1 aliphatic carbocycles. The van der Waals surface area contributed by atoms with Crippen LogP contribution in [0.5, 0.6) is 0 Å². The molecule has 1 aromatic heterocycles. The Morgan fingerprint density at radius 1 is 1.28 bits per heavy atom. The minimum Gasteiger partial charge on any atom is -0.462 e. The molecule has 2 aromatic rings. The topological polar surface area (TPSA) is 55.7 Å². The van der Waals surface area contributed by atoms with Crippen LogP contribution in [0.3, 0.4) is 0 Å². The number of fused-ring (bicyclic) bond motifs is 1. The average molecular weight is 376 g/mol. The second-order valence-electron chi connectivity index (χ2n) is 5.73. The van der Waals surface area contributed by atoms with Gasteiger partial charge in [-0.05, 0) is 55.8 Å². The normalized spacial score (nSPS) is 13.7. The van der Waals surface area contributed by atoms with Crippen LogP contribution < -0.4 is 0 Å². The fourth-order valence-electron chi connectivity index (χ4n) is 2.97. The molecule has 0 atom stereocenters. The van der Waals surface area contributed by atoms with Crippen molar-refractivity contribution in [2.24, 2.45) is 4.99 Å². The molecular weight excluding hydrogens is 358 g/mol. The first kappa shape index (κ1) is 17.8. The van der Waals surface area contributed by atoms with E-state index >= 15 is 0 Å². The smallest absolute Gasteiger partial charge is 0.341 e. The van der Waals surface area contributed by atoms with Crippen molar-refractivity contribution in [2.45, 2.75) is 32.6 Å². The number of hydrogen-bond donors (Lipinski definition) is 0. The lowest BCUT2D eigenvalue weighted by atomic mass is 9.95. The summed E-state index contributed by atoms with van der Waals surface area (Å²) in [5.74, 6) is -0.323. The lowest BCUT2D eigenvalue weighted by Crippen LogP contribution is -2.09. The quantitative estimate of drug-likeness (QED) is 0.423. The molecule has 130 valence electrons. The number of aliphatic imine (C=N–C) groups is 1. The molecule has 1 heterocycles. The van der Waals surface area contributed by atoms with Crippen LogP contribution in [0.2, 0.25) is 0 Å². The Balaban J connectivity index is 2.01. The van der Waals surface area contributed by atoms with Gasteiger partial charge in [-0.3, -0.25) is 4.79 Å². The molecule has 0 amide bonds. The third-order valence-electron chi connectivity index (χ3n) is 4.13. The fourth-order valence-corrected chi connectivity index (χ4v) is 4.37. The molecule has 0 aliphatic heterocycles. The van der Waals surface area contributed by atoms with Crippen molar-refractivity contribution < 1.29 is 14.3 Å². The minimum absolute atomic E-state index is 0.323.